The second kappa shape index (κ2) is 8.85. The first kappa shape index (κ1) is 21.4. The highest BCUT2D eigenvalue weighted by Crippen LogP contribution is 2.27. The summed E-state index contributed by atoms with van der Waals surface area (Å²) in [5, 5.41) is 0. The zero-order chi connectivity index (χ0) is 20.9. The highest BCUT2D eigenvalue weighted by atomic mass is 32.2. The zero-order valence-corrected chi connectivity index (χ0v) is 16.8. The number of rotatable bonds is 8. The molecule has 0 unspecified atom stereocenters. The predicted molar refractivity (Wildman–Crippen MR) is 101 cm³/mol. The summed E-state index contributed by atoms with van der Waals surface area (Å²) in [5.41, 5.74) is 0.440. The third-order valence-electron chi connectivity index (χ3n) is 3.91. The molecule has 9 heteroatoms. The molecular weight excluding hydrogens is 386 g/mol. The normalized spacial score (nSPS) is 11.2. The predicted octanol–water partition coefficient (Wildman–Crippen LogP) is 1.99. The fourth-order valence-corrected chi connectivity index (χ4v) is 3.18. The van der Waals surface area contributed by atoms with Crippen LogP contribution >= 0.6 is 0 Å². The van der Waals surface area contributed by atoms with E-state index in [9.17, 15) is 18.0 Å². The molecule has 0 spiro atoms. The summed E-state index contributed by atoms with van der Waals surface area (Å²) in [6.07, 6.45) is 0. The number of hydrogen-bond donors (Lipinski definition) is 0. The van der Waals surface area contributed by atoms with E-state index in [4.69, 9.17) is 14.2 Å². The van der Waals surface area contributed by atoms with E-state index in [1.54, 1.807) is 12.1 Å². The summed E-state index contributed by atoms with van der Waals surface area (Å²) in [4.78, 5) is 24.4. The van der Waals surface area contributed by atoms with Crippen molar-refractivity contribution >= 4 is 21.8 Å². The zero-order valence-electron chi connectivity index (χ0n) is 16.0. The van der Waals surface area contributed by atoms with Crippen LogP contribution in [0.2, 0.25) is 0 Å². The van der Waals surface area contributed by atoms with Gasteiger partial charge in [0.2, 0.25) is 10.0 Å². The Morgan fingerprint density at radius 1 is 0.893 bits per heavy atom. The maximum Gasteiger partial charge on any atom is 0.338 e. The molecule has 8 nitrogen and oxygen atoms in total. The van der Waals surface area contributed by atoms with Gasteiger partial charge < -0.3 is 14.2 Å². The highest BCUT2D eigenvalue weighted by molar-refractivity contribution is 7.89. The number of methoxy groups -OCH3 is 2. The molecule has 0 fully saturated rings. The van der Waals surface area contributed by atoms with Crippen molar-refractivity contribution in [1.29, 1.82) is 0 Å². The average Bonchev–Trinajstić information content (AvgIpc) is 2.71. The average molecular weight is 407 g/mol. The van der Waals surface area contributed by atoms with Gasteiger partial charge in [0.25, 0.3) is 0 Å². The smallest absolute Gasteiger partial charge is 0.338 e. The number of carbonyl (C=O) groups excluding carboxylic acids is 2. The fraction of sp³-hybridized carbons (Fsp3) is 0.263. The van der Waals surface area contributed by atoms with E-state index in [0.29, 0.717) is 17.1 Å². The summed E-state index contributed by atoms with van der Waals surface area (Å²) in [5.74, 6) is -0.287. The van der Waals surface area contributed by atoms with Crippen LogP contribution in [0, 0.1) is 0 Å². The van der Waals surface area contributed by atoms with Crippen LogP contribution in [-0.4, -0.2) is 59.4 Å². The molecule has 0 saturated heterocycles. The molecule has 0 bridgehead atoms. The van der Waals surface area contributed by atoms with E-state index in [1.165, 1.54) is 58.6 Å². The second-order valence-corrected chi connectivity index (χ2v) is 8.03. The van der Waals surface area contributed by atoms with Gasteiger partial charge in [-0.2, -0.15) is 0 Å². The maximum atomic E-state index is 12.3. The number of ketones is 1. The topological polar surface area (TPSA) is 99.2 Å². The fourth-order valence-electron chi connectivity index (χ4n) is 2.28. The lowest BCUT2D eigenvalue weighted by atomic mass is 10.1. The van der Waals surface area contributed by atoms with Gasteiger partial charge in [0.05, 0.1) is 24.7 Å². The van der Waals surface area contributed by atoms with Gasteiger partial charge in [0, 0.05) is 19.7 Å². The minimum Gasteiger partial charge on any atom is -0.493 e. The number of nitrogens with zero attached hydrogens (tertiary/aromatic N) is 1. The Labute approximate surface area is 163 Å². The third-order valence-corrected chi connectivity index (χ3v) is 5.74. The van der Waals surface area contributed by atoms with Crippen molar-refractivity contribution in [2.24, 2.45) is 0 Å². The van der Waals surface area contributed by atoms with Gasteiger partial charge in [-0.15, -0.1) is 0 Å². The summed E-state index contributed by atoms with van der Waals surface area (Å²) < 4.78 is 40.4. The van der Waals surface area contributed by atoms with Crippen molar-refractivity contribution in [2.45, 2.75) is 4.90 Å². The van der Waals surface area contributed by atoms with Crippen molar-refractivity contribution in [3.8, 4) is 11.5 Å². The van der Waals surface area contributed by atoms with Crippen LogP contribution in [0.1, 0.15) is 20.7 Å². The molecule has 0 atom stereocenters. The molecule has 2 aromatic rings. The Morgan fingerprint density at radius 3 is 2.00 bits per heavy atom. The molecule has 0 aliphatic rings. The van der Waals surface area contributed by atoms with E-state index in [-0.39, 0.29) is 10.5 Å². The number of benzene rings is 2. The monoisotopic (exact) mass is 407 g/mol. The summed E-state index contributed by atoms with van der Waals surface area (Å²) in [6, 6.07) is 9.90. The van der Waals surface area contributed by atoms with Gasteiger partial charge in [-0.1, -0.05) is 0 Å². The van der Waals surface area contributed by atoms with E-state index in [2.05, 4.69) is 0 Å². The van der Waals surface area contributed by atoms with Crippen LogP contribution in [0.5, 0.6) is 11.5 Å². The van der Waals surface area contributed by atoms with Gasteiger partial charge in [0.15, 0.2) is 23.9 Å². The maximum absolute atomic E-state index is 12.3. The molecule has 150 valence electrons. The lowest BCUT2D eigenvalue weighted by molar-refractivity contribution is 0.0474. The minimum atomic E-state index is -3.59. The number of sulfonamides is 1. The summed E-state index contributed by atoms with van der Waals surface area (Å²) in [7, 11) is 2.17. The van der Waals surface area contributed by atoms with Crippen molar-refractivity contribution in [3.63, 3.8) is 0 Å². The first-order chi connectivity index (χ1) is 13.2. The third kappa shape index (κ3) is 4.68. The van der Waals surface area contributed by atoms with Gasteiger partial charge in [-0.05, 0) is 42.5 Å². The van der Waals surface area contributed by atoms with Crippen LogP contribution in [0.3, 0.4) is 0 Å². The first-order valence-electron chi connectivity index (χ1n) is 8.15. The first-order valence-corrected chi connectivity index (χ1v) is 9.59. The lowest BCUT2D eigenvalue weighted by Gasteiger charge is -2.11. The standard InChI is InChI=1S/C19H21NO7S/c1-20(2)28(23,24)15-8-5-13(6-9-15)19(22)27-12-16(21)14-7-10-17(25-3)18(11-14)26-4/h5-11H,12H2,1-4H3. The molecule has 0 heterocycles. The number of ether oxygens (including phenoxy) is 3. The van der Waals surface area contributed by atoms with E-state index in [1.807, 2.05) is 0 Å². The molecule has 0 radical (unpaired) electrons. The van der Waals surface area contributed by atoms with Gasteiger partial charge in [-0.25, -0.2) is 17.5 Å². The molecule has 0 N–H and O–H groups in total. The van der Waals surface area contributed by atoms with Crippen molar-refractivity contribution in [1.82, 2.24) is 4.31 Å². The van der Waals surface area contributed by atoms with E-state index < -0.39 is 28.4 Å². The number of esters is 1. The van der Waals surface area contributed by atoms with Crippen molar-refractivity contribution in [2.75, 3.05) is 34.9 Å². The SMILES string of the molecule is COc1ccc(C(=O)COC(=O)c2ccc(S(=O)(=O)N(C)C)cc2)cc1OC. The number of hydrogen-bond acceptors (Lipinski definition) is 7. The molecule has 0 amide bonds. The van der Waals surface area contributed by atoms with E-state index >= 15 is 0 Å². The second-order valence-electron chi connectivity index (χ2n) is 5.88. The van der Waals surface area contributed by atoms with Gasteiger partial charge in [-0.3, -0.25) is 4.79 Å². The molecule has 2 rings (SSSR count). The number of Topliss-reactive ketones (excluding diaryl/α,β-unsaturated/α-hetero) is 1. The van der Waals surface area contributed by atoms with Gasteiger partial charge in [0.1, 0.15) is 0 Å². The lowest BCUT2D eigenvalue weighted by Crippen LogP contribution is -2.22. The molecular formula is C19H21NO7S. The Bertz CT molecular complexity index is 966. The summed E-state index contributed by atoms with van der Waals surface area (Å²) >= 11 is 0. The number of carbonyl (C=O) groups is 2. The molecule has 2 aromatic carbocycles. The Kier molecular flexibility index (Phi) is 6.76. The molecule has 0 aliphatic heterocycles. The van der Waals surface area contributed by atoms with E-state index in [0.717, 1.165) is 4.31 Å². The Hall–Kier alpha value is -2.91. The minimum absolute atomic E-state index is 0.0513. The van der Waals surface area contributed by atoms with Crippen molar-refractivity contribution in [3.05, 3.63) is 53.6 Å². The molecule has 0 aromatic heterocycles. The van der Waals surface area contributed by atoms with Crippen LogP contribution in [0.15, 0.2) is 47.4 Å². The quantitative estimate of drug-likeness (QED) is 0.487. The summed E-state index contributed by atoms with van der Waals surface area (Å²) in [6.45, 7) is -0.466. The van der Waals surface area contributed by atoms with Crippen LogP contribution in [0.4, 0.5) is 0 Å². The Balaban J connectivity index is 2.05. The Morgan fingerprint density at radius 2 is 1.46 bits per heavy atom. The molecule has 28 heavy (non-hydrogen) atoms. The molecule has 0 saturated carbocycles. The van der Waals surface area contributed by atoms with Crippen LogP contribution in [0.25, 0.3) is 0 Å². The van der Waals surface area contributed by atoms with Gasteiger partial charge >= 0.3 is 5.97 Å². The van der Waals surface area contributed by atoms with Crippen LogP contribution in [-0.2, 0) is 14.8 Å². The highest BCUT2D eigenvalue weighted by Gasteiger charge is 2.18. The van der Waals surface area contributed by atoms with Crippen molar-refractivity contribution < 1.29 is 32.2 Å². The van der Waals surface area contributed by atoms with Crippen LogP contribution < -0.4 is 9.47 Å². The largest absolute Gasteiger partial charge is 0.493 e. The molecule has 0 aliphatic carbocycles.